The second kappa shape index (κ2) is 13.3. The summed E-state index contributed by atoms with van der Waals surface area (Å²) in [4.78, 5) is 26.8. The molecule has 4 aromatic carbocycles. The number of hydrogen-bond acceptors (Lipinski definition) is 7. The van der Waals surface area contributed by atoms with Gasteiger partial charge in [0.2, 0.25) is 0 Å². The quantitative estimate of drug-likeness (QED) is 0.130. The van der Waals surface area contributed by atoms with Crippen LogP contribution >= 0.6 is 0 Å². The zero-order valence-electron chi connectivity index (χ0n) is 27.4. The molecule has 0 spiro atoms. The highest BCUT2D eigenvalue weighted by Gasteiger charge is 2.19. The molecule has 2 aliphatic heterocycles. The van der Waals surface area contributed by atoms with Crippen molar-refractivity contribution in [2.24, 2.45) is 4.99 Å². The van der Waals surface area contributed by atoms with Gasteiger partial charge in [-0.05, 0) is 104 Å². The monoisotopic (exact) mass is 639 g/mol. The molecule has 48 heavy (non-hydrogen) atoms. The van der Waals surface area contributed by atoms with Crippen LogP contribution in [0.25, 0.3) is 44.8 Å². The number of anilines is 1. The minimum absolute atomic E-state index is 0.266. The lowest BCUT2D eigenvalue weighted by molar-refractivity contribution is 0.273. The molecule has 9 heteroatoms. The van der Waals surface area contributed by atoms with Crippen molar-refractivity contribution in [3.8, 4) is 28.5 Å². The van der Waals surface area contributed by atoms with Crippen LogP contribution in [0.4, 0.5) is 11.4 Å². The van der Waals surface area contributed by atoms with Gasteiger partial charge in [-0.2, -0.15) is 0 Å². The first kappa shape index (κ1) is 30.4. The van der Waals surface area contributed by atoms with Crippen molar-refractivity contribution in [2.45, 2.75) is 32.1 Å². The Kier molecular flexibility index (Phi) is 8.38. The Morgan fingerprint density at radius 1 is 0.708 bits per heavy atom. The number of aromatic nitrogens is 4. The normalized spacial score (nSPS) is 15.0. The van der Waals surface area contributed by atoms with Crippen molar-refractivity contribution in [3.63, 3.8) is 0 Å². The summed E-state index contributed by atoms with van der Waals surface area (Å²) in [5.74, 6) is 2.56. The Morgan fingerprint density at radius 2 is 1.38 bits per heavy atom. The molecule has 0 aliphatic carbocycles. The van der Waals surface area contributed by atoms with Crippen LogP contribution in [0.2, 0.25) is 0 Å². The molecule has 1 saturated heterocycles. The van der Waals surface area contributed by atoms with Gasteiger partial charge in [0.25, 0.3) is 0 Å². The summed E-state index contributed by atoms with van der Waals surface area (Å²) in [7, 11) is 2.18. The number of imidazole rings is 2. The molecule has 0 radical (unpaired) electrons. The van der Waals surface area contributed by atoms with Crippen LogP contribution < -0.4 is 9.64 Å². The number of nitrogens with one attached hydrogen (secondary N) is 2. The number of aromatic amines is 2. The second-order valence-corrected chi connectivity index (χ2v) is 13.0. The number of likely N-dealkylation sites (N-methyl/N-ethyl adjacent to an activating group) is 1. The number of nitrogens with zero attached hydrogens (tertiary/aromatic N) is 5. The second-order valence-electron chi connectivity index (χ2n) is 13.0. The number of aliphatic hydroxyl groups is 1. The van der Waals surface area contributed by atoms with Crippen molar-refractivity contribution in [1.29, 1.82) is 0 Å². The smallest absolute Gasteiger partial charge is 0.138 e. The highest BCUT2D eigenvalue weighted by Crippen LogP contribution is 2.34. The van der Waals surface area contributed by atoms with Crippen LogP contribution in [0.1, 0.15) is 36.8 Å². The van der Waals surface area contributed by atoms with Gasteiger partial charge in [0.15, 0.2) is 0 Å². The SMILES string of the molecule is CN1CCN(c2ccc3nc(-c4ccc5nc(-c6ccc7c(c6)N=C(c6ccc(OCCCCCCO)cc6)C7)[nH]c5c4)[nH]c3c2)CC1. The molecule has 244 valence electrons. The van der Waals surface area contributed by atoms with E-state index in [4.69, 9.17) is 24.8 Å². The maximum Gasteiger partial charge on any atom is 0.138 e. The number of piperazine rings is 1. The van der Waals surface area contributed by atoms with Crippen LogP contribution in [0.3, 0.4) is 0 Å². The van der Waals surface area contributed by atoms with E-state index in [0.29, 0.717) is 6.61 Å². The fraction of sp³-hybridized carbons (Fsp3) is 0.308. The number of rotatable bonds is 11. The van der Waals surface area contributed by atoms with Crippen LogP contribution in [0, 0.1) is 0 Å². The number of fused-ring (bicyclic) bond motifs is 3. The summed E-state index contributed by atoms with van der Waals surface area (Å²) in [6.45, 7) is 5.20. The maximum atomic E-state index is 8.91. The highest BCUT2D eigenvalue weighted by atomic mass is 16.5. The van der Waals surface area contributed by atoms with Crippen molar-refractivity contribution in [3.05, 3.63) is 90.0 Å². The molecule has 0 bridgehead atoms. The van der Waals surface area contributed by atoms with Gasteiger partial charge in [0.05, 0.1) is 40.1 Å². The van der Waals surface area contributed by atoms with Gasteiger partial charge in [-0.1, -0.05) is 18.6 Å². The zero-order valence-corrected chi connectivity index (χ0v) is 27.4. The first-order chi connectivity index (χ1) is 23.6. The largest absolute Gasteiger partial charge is 0.494 e. The van der Waals surface area contributed by atoms with Crippen molar-refractivity contribution in [1.82, 2.24) is 24.8 Å². The molecular weight excluding hydrogens is 598 g/mol. The fourth-order valence-corrected chi connectivity index (χ4v) is 6.69. The number of ether oxygens (including phenoxy) is 1. The van der Waals surface area contributed by atoms with E-state index in [1.165, 1.54) is 11.3 Å². The Hall–Kier alpha value is -4.99. The lowest BCUT2D eigenvalue weighted by Gasteiger charge is -2.34. The average molecular weight is 640 g/mol. The molecule has 0 amide bonds. The lowest BCUT2D eigenvalue weighted by atomic mass is 10.0. The molecule has 2 aromatic heterocycles. The number of benzene rings is 4. The number of aliphatic imine (C=N–C) groups is 1. The third kappa shape index (κ3) is 6.31. The third-order valence-electron chi connectivity index (χ3n) is 9.57. The van der Waals surface area contributed by atoms with E-state index in [0.717, 1.165) is 126 Å². The number of unbranched alkanes of at least 4 members (excludes halogenated alkanes) is 3. The first-order valence-electron chi connectivity index (χ1n) is 17.1. The number of aliphatic hydroxyl groups excluding tert-OH is 1. The minimum Gasteiger partial charge on any atom is -0.494 e. The fourth-order valence-electron chi connectivity index (χ4n) is 6.69. The molecule has 9 nitrogen and oxygen atoms in total. The van der Waals surface area contributed by atoms with Gasteiger partial charge in [0.1, 0.15) is 17.4 Å². The summed E-state index contributed by atoms with van der Waals surface area (Å²) < 4.78 is 5.91. The Bertz CT molecular complexity index is 2090. The molecule has 6 aromatic rings. The topological polar surface area (TPSA) is 106 Å². The van der Waals surface area contributed by atoms with E-state index < -0.39 is 0 Å². The van der Waals surface area contributed by atoms with E-state index in [1.54, 1.807) is 0 Å². The van der Waals surface area contributed by atoms with E-state index in [9.17, 15) is 0 Å². The molecule has 0 saturated carbocycles. The summed E-state index contributed by atoms with van der Waals surface area (Å²) in [5, 5.41) is 8.91. The van der Waals surface area contributed by atoms with Crippen molar-refractivity contribution >= 4 is 39.2 Å². The van der Waals surface area contributed by atoms with Gasteiger partial charge >= 0.3 is 0 Å². The summed E-state index contributed by atoms with van der Waals surface area (Å²) in [6.07, 6.45) is 4.78. The van der Waals surface area contributed by atoms with Gasteiger partial charge in [-0.15, -0.1) is 0 Å². The predicted octanol–water partition coefficient (Wildman–Crippen LogP) is 7.13. The third-order valence-corrected chi connectivity index (χ3v) is 9.57. The van der Waals surface area contributed by atoms with Crippen LogP contribution in [-0.4, -0.2) is 82.1 Å². The number of hydrogen-bond donors (Lipinski definition) is 3. The molecule has 3 N–H and O–H groups in total. The van der Waals surface area contributed by atoms with Crippen LogP contribution in [-0.2, 0) is 6.42 Å². The summed E-state index contributed by atoms with van der Waals surface area (Å²) in [6, 6.07) is 27.5. The molecule has 0 unspecified atom stereocenters. The summed E-state index contributed by atoms with van der Waals surface area (Å²) in [5.41, 5.74) is 11.6. The van der Waals surface area contributed by atoms with E-state index in [-0.39, 0.29) is 6.61 Å². The standard InChI is InChI=1S/C39H41N7O2/c1-45-16-18-46(19-17-45)30-11-15-33-37(25-30)44-39(42-33)29-10-14-32-36(24-29)43-38(41-32)28-7-6-27-22-34(40-35(27)23-28)26-8-12-31(13-9-26)48-21-5-3-2-4-20-47/h6-15,23-25,47H,2-5,16-22H2,1H3,(H,41,43)(H,42,44). The van der Waals surface area contributed by atoms with Crippen molar-refractivity contribution < 1.29 is 9.84 Å². The molecule has 4 heterocycles. The molecule has 0 atom stereocenters. The Morgan fingerprint density at radius 3 is 2.15 bits per heavy atom. The Labute approximate surface area is 280 Å². The number of H-pyrrole nitrogens is 2. The average Bonchev–Trinajstić information content (AvgIpc) is 3.86. The molecule has 8 rings (SSSR count). The van der Waals surface area contributed by atoms with E-state index >= 15 is 0 Å². The minimum atomic E-state index is 0.266. The van der Waals surface area contributed by atoms with Crippen molar-refractivity contribution in [2.75, 3.05) is 51.3 Å². The van der Waals surface area contributed by atoms with Gasteiger partial charge in [-0.3, -0.25) is 4.99 Å². The van der Waals surface area contributed by atoms with Gasteiger partial charge < -0.3 is 29.6 Å². The first-order valence-corrected chi connectivity index (χ1v) is 17.1. The van der Waals surface area contributed by atoms with Gasteiger partial charge in [0, 0.05) is 56.0 Å². The lowest BCUT2D eigenvalue weighted by Crippen LogP contribution is -2.44. The molecule has 2 aliphatic rings. The maximum absolute atomic E-state index is 8.91. The summed E-state index contributed by atoms with van der Waals surface area (Å²) >= 11 is 0. The molecule has 1 fully saturated rings. The van der Waals surface area contributed by atoms with Crippen LogP contribution in [0.15, 0.2) is 83.9 Å². The van der Waals surface area contributed by atoms with E-state index in [1.807, 2.05) is 12.1 Å². The molecular formula is C39H41N7O2. The zero-order chi connectivity index (χ0) is 32.5. The van der Waals surface area contributed by atoms with Crippen LogP contribution in [0.5, 0.6) is 5.75 Å². The highest BCUT2D eigenvalue weighted by molar-refractivity contribution is 6.06. The van der Waals surface area contributed by atoms with E-state index in [2.05, 4.69) is 93.5 Å². The van der Waals surface area contributed by atoms with Gasteiger partial charge in [-0.25, -0.2) is 9.97 Å². The Balaban J connectivity index is 0.964. The predicted molar refractivity (Wildman–Crippen MR) is 194 cm³/mol.